The molecule has 0 N–H and O–H groups in total. The SMILES string of the molecule is c1ccc(-c2nc(-c3ccccc3)nc(-c3cccc4c3c3ccc(C5(c6ccccc6)c6ccccc6-c6ccc7ccccc7c65)cc3n4-c3ccccc3)n2)cc1. The van der Waals surface area contributed by atoms with Gasteiger partial charge >= 0.3 is 0 Å². The second-order valence-electron chi connectivity index (χ2n) is 15.5. The van der Waals surface area contributed by atoms with E-state index in [1.807, 2.05) is 36.4 Å². The summed E-state index contributed by atoms with van der Waals surface area (Å²) in [4.78, 5) is 15.5. The smallest absolute Gasteiger partial charge is 0.164 e. The second-order valence-corrected chi connectivity index (χ2v) is 15.5. The Morgan fingerprint density at radius 2 is 0.967 bits per heavy atom. The Kier molecular flexibility index (Phi) is 7.72. The molecule has 0 spiro atoms. The zero-order chi connectivity index (χ0) is 39.6. The number of benzene rings is 9. The van der Waals surface area contributed by atoms with Gasteiger partial charge in [0.05, 0.1) is 16.4 Å². The molecule has 1 aliphatic rings. The van der Waals surface area contributed by atoms with Crippen molar-refractivity contribution in [3.05, 3.63) is 241 Å². The summed E-state index contributed by atoms with van der Waals surface area (Å²) in [6.07, 6.45) is 0. The summed E-state index contributed by atoms with van der Waals surface area (Å²) >= 11 is 0. The van der Waals surface area contributed by atoms with Crippen molar-refractivity contribution in [2.75, 3.05) is 0 Å². The highest BCUT2D eigenvalue weighted by Crippen LogP contribution is 2.58. The number of fused-ring (bicyclic) bond motifs is 8. The summed E-state index contributed by atoms with van der Waals surface area (Å²) < 4.78 is 2.42. The van der Waals surface area contributed by atoms with Gasteiger partial charge in [-0.3, -0.25) is 0 Å². The molecule has 4 nitrogen and oxygen atoms in total. The Hall–Kier alpha value is -7.95. The number of aromatic nitrogens is 4. The van der Waals surface area contributed by atoms with Crippen molar-refractivity contribution in [2.24, 2.45) is 0 Å². The van der Waals surface area contributed by atoms with Crippen molar-refractivity contribution in [3.8, 4) is 51.0 Å². The van der Waals surface area contributed by atoms with Crippen LogP contribution in [-0.4, -0.2) is 19.5 Å². The van der Waals surface area contributed by atoms with Crippen LogP contribution in [0, 0.1) is 0 Å². The summed E-state index contributed by atoms with van der Waals surface area (Å²) in [7, 11) is 0. The molecule has 9 aromatic carbocycles. The van der Waals surface area contributed by atoms with Crippen molar-refractivity contribution >= 4 is 32.6 Å². The van der Waals surface area contributed by atoms with Crippen LogP contribution in [-0.2, 0) is 5.41 Å². The highest BCUT2D eigenvalue weighted by Gasteiger charge is 2.47. The van der Waals surface area contributed by atoms with Gasteiger partial charge in [-0.15, -0.1) is 0 Å². The van der Waals surface area contributed by atoms with Crippen LogP contribution in [0.5, 0.6) is 0 Å². The number of hydrogen-bond donors (Lipinski definition) is 0. The molecule has 0 radical (unpaired) electrons. The molecule has 4 heteroatoms. The molecule has 2 aromatic heterocycles. The molecule has 1 unspecified atom stereocenters. The topological polar surface area (TPSA) is 43.6 Å². The number of rotatable bonds is 6. The zero-order valence-corrected chi connectivity index (χ0v) is 32.6. The van der Waals surface area contributed by atoms with E-state index in [-0.39, 0.29) is 0 Å². The second kappa shape index (κ2) is 13.6. The molecule has 0 bridgehead atoms. The van der Waals surface area contributed by atoms with Crippen molar-refractivity contribution in [1.82, 2.24) is 19.5 Å². The lowest BCUT2D eigenvalue weighted by molar-refractivity contribution is 0.776. The van der Waals surface area contributed by atoms with Crippen molar-refractivity contribution in [1.29, 1.82) is 0 Å². The van der Waals surface area contributed by atoms with E-state index >= 15 is 0 Å². The largest absolute Gasteiger partial charge is 0.309 e. The Bertz CT molecular complexity index is 3360. The van der Waals surface area contributed by atoms with Gasteiger partial charge in [-0.25, -0.2) is 15.0 Å². The van der Waals surface area contributed by atoms with Gasteiger partial charge in [0.25, 0.3) is 0 Å². The first-order valence-corrected chi connectivity index (χ1v) is 20.5. The molecule has 12 rings (SSSR count). The highest BCUT2D eigenvalue weighted by molar-refractivity contribution is 6.15. The molecule has 0 saturated heterocycles. The molecule has 0 amide bonds. The van der Waals surface area contributed by atoms with Crippen LogP contribution in [0.4, 0.5) is 0 Å². The lowest BCUT2D eigenvalue weighted by Crippen LogP contribution is -2.29. The van der Waals surface area contributed by atoms with Gasteiger partial charge in [-0.1, -0.05) is 194 Å². The minimum absolute atomic E-state index is 0.591. The predicted molar refractivity (Wildman–Crippen MR) is 245 cm³/mol. The van der Waals surface area contributed by atoms with Gasteiger partial charge in [0, 0.05) is 33.2 Å². The van der Waals surface area contributed by atoms with Gasteiger partial charge in [-0.05, 0) is 68.4 Å². The summed E-state index contributed by atoms with van der Waals surface area (Å²) in [6, 6.07) is 78.3. The predicted octanol–water partition coefficient (Wildman–Crippen LogP) is 13.5. The lowest BCUT2D eigenvalue weighted by atomic mass is 9.66. The average Bonchev–Trinajstić information content (AvgIpc) is 3.83. The maximum absolute atomic E-state index is 5.22. The lowest BCUT2D eigenvalue weighted by Gasteiger charge is -2.35. The average molecular weight is 765 g/mol. The van der Waals surface area contributed by atoms with Crippen LogP contribution in [0.25, 0.3) is 83.6 Å². The molecule has 1 aliphatic carbocycles. The number of hydrogen-bond acceptors (Lipinski definition) is 3. The minimum atomic E-state index is -0.591. The maximum atomic E-state index is 5.22. The van der Waals surface area contributed by atoms with E-state index < -0.39 is 5.41 Å². The van der Waals surface area contributed by atoms with E-state index in [0.717, 1.165) is 44.2 Å². The van der Waals surface area contributed by atoms with Crippen LogP contribution in [0.15, 0.2) is 218 Å². The minimum Gasteiger partial charge on any atom is -0.309 e. The Morgan fingerprint density at radius 1 is 0.367 bits per heavy atom. The van der Waals surface area contributed by atoms with Crippen LogP contribution in [0.3, 0.4) is 0 Å². The standard InChI is InChI=1S/C56H36N4/c1-5-19-38(20-6-1)53-57-54(39-21-7-2-8-22-39)59-55(58-53)47-29-17-31-49-51(47)46-35-33-41(36-50(46)60(49)42-25-11-4-12-26-42)56(40-23-9-3-10-24-40)48-30-16-15-28-44(48)45-34-32-37-18-13-14-27-43(37)52(45)56/h1-36H. The molecule has 0 fully saturated rings. The van der Waals surface area contributed by atoms with Crippen molar-refractivity contribution in [3.63, 3.8) is 0 Å². The maximum Gasteiger partial charge on any atom is 0.164 e. The molecule has 2 heterocycles. The van der Waals surface area contributed by atoms with Crippen molar-refractivity contribution in [2.45, 2.75) is 5.41 Å². The third kappa shape index (κ3) is 5.07. The monoisotopic (exact) mass is 764 g/mol. The Morgan fingerprint density at radius 3 is 1.70 bits per heavy atom. The first kappa shape index (κ1) is 34.1. The summed E-state index contributed by atoms with van der Waals surface area (Å²) in [5, 5.41) is 4.72. The van der Waals surface area contributed by atoms with Crippen LogP contribution < -0.4 is 0 Å². The zero-order valence-electron chi connectivity index (χ0n) is 32.6. The summed E-state index contributed by atoms with van der Waals surface area (Å²) in [5.41, 5.74) is 13.1. The molecule has 0 saturated carbocycles. The first-order valence-electron chi connectivity index (χ1n) is 20.5. The molecular formula is C56H36N4. The Balaban J connectivity index is 1.19. The van der Waals surface area contributed by atoms with Crippen LogP contribution >= 0.6 is 0 Å². The van der Waals surface area contributed by atoms with Gasteiger partial charge in [0.1, 0.15) is 0 Å². The van der Waals surface area contributed by atoms with Gasteiger partial charge in [0.15, 0.2) is 17.5 Å². The molecule has 0 aliphatic heterocycles. The van der Waals surface area contributed by atoms with Gasteiger partial charge in [-0.2, -0.15) is 0 Å². The molecular weight excluding hydrogens is 729 g/mol. The number of para-hydroxylation sites is 1. The fourth-order valence-electron chi connectivity index (χ4n) is 9.81. The normalized spacial score (nSPS) is 14.4. The molecule has 280 valence electrons. The fraction of sp³-hybridized carbons (Fsp3) is 0.0179. The van der Waals surface area contributed by atoms with Gasteiger partial charge in [0.2, 0.25) is 0 Å². The van der Waals surface area contributed by atoms with E-state index in [9.17, 15) is 0 Å². The molecule has 11 aromatic rings. The first-order chi connectivity index (χ1) is 29.8. The van der Waals surface area contributed by atoms with E-state index in [2.05, 4.69) is 187 Å². The Labute approximate surface area is 347 Å². The third-order valence-corrected chi connectivity index (χ3v) is 12.3. The van der Waals surface area contributed by atoms with Crippen molar-refractivity contribution < 1.29 is 0 Å². The number of nitrogens with zero attached hydrogens (tertiary/aromatic N) is 4. The highest BCUT2D eigenvalue weighted by atomic mass is 15.0. The summed E-state index contributed by atoms with van der Waals surface area (Å²) in [5.74, 6) is 1.91. The van der Waals surface area contributed by atoms with E-state index in [4.69, 9.17) is 15.0 Å². The van der Waals surface area contributed by atoms with E-state index in [0.29, 0.717) is 17.5 Å². The van der Waals surface area contributed by atoms with Gasteiger partial charge < -0.3 is 4.57 Å². The molecule has 1 atom stereocenters. The molecule has 60 heavy (non-hydrogen) atoms. The quantitative estimate of drug-likeness (QED) is 0.169. The third-order valence-electron chi connectivity index (χ3n) is 12.3. The summed E-state index contributed by atoms with van der Waals surface area (Å²) in [6.45, 7) is 0. The van der Waals surface area contributed by atoms with E-state index in [1.165, 1.54) is 44.2 Å². The van der Waals surface area contributed by atoms with Crippen LogP contribution in [0.1, 0.15) is 22.3 Å². The van der Waals surface area contributed by atoms with Crippen LogP contribution in [0.2, 0.25) is 0 Å². The van der Waals surface area contributed by atoms with E-state index in [1.54, 1.807) is 0 Å². The fourth-order valence-corrected chi connectivity index (χ4v) is 9.81.